The maximum absolute atomic E-state index is 5.61. The molecule has 8 aromatic carbocycles. The van der Waals surface area contributed by atoms with E-state index in [-0.39, 0.29) is 0 Å². The predicted molar refractivity (Wildman–Crippen MR) is 400 cm³/mol. The molecule has 2 aliphatic rings. The lowest BCUT2D eigenvalue weighted by atomic mass is 10.0. The first-order valence-corrected chi connectivity index (χ1v) is 31.8. The third-order valence-electron chi connectivity index (χ3n) is 15.1. The van der Waals surface area contributed by atoms with Crippen LogP contribution in [0.3, 0.4) is 0 Å². The molecule has 426 valence electrons. The summed E-state index contributed by atoms with van der Waals surface area (Å²) in [5.74, 6) is 0. The highest BCUT2D eigenvalue weighted by Crippen LogP contribution is 2.40. The number of benzene rings is 8. The van der Waals surface area contributed by atoms with Gasteiger partial charge >= 0.3 is 0 Å². The average Bonchev–Trinajstić information content (AvgIpc) is 1.87. The first-order chi connectivity index (χ1) is 42.7. The first kappa shape index (κ1) is 59.1. The van der Waals surface area contributed by atoms with Crippen LogP contribution >= 0.6 is 101 Å². The molecule has 0 amide bonds. The van der Waals surface area contributed by atoms with Gasteiger partial charge in [-0.1, -0.05) is 146 Å². The standard InChI is InChI=1S/C76H54N4S8/c81-57-33-49(34-58(82)41-57)5-1-45-9-17-53(18-10-45)73-65-25-27-67(77-65)74(54-19-11-46(12-20-54)2-6-50-35-59(83)42-60(84)36-50)69-29-31-71(79-69)76(56-23-15-48(16-24-56)4-8-52-39-63(87)44-64(88)40-52)72-32-30-70(80-72)75(68-28-26-66(73)78-68)55-21-13-47(14-22-55)3-7-51-37-61(85)43-62(86)38-51/h1-44,77,80-88H/b5-1+,6-2+,7-3+,8-4+,73-65?,73-66?,74-67?,74-69?,75-68?,75-70?,76-71?,76-72?. The SMILES string of the molecule is Sc1cc(S)cc(/C=C/c2ccc(-c3c4nc(c(-c5ccc(/C=C/c6cc(S)cc(S)c6)cc5)c5ccc([nH]5)c(-c5ccc(/C=C/c6cc(S)cc(S)c6)cc5)c5nc(c(-c6ccc(/C=C/c7cc(S)cc(S)c7)cc6)c6ccc3[nH]6)C=C5)C=C4)cc2)c1. The van der Waals surface area contributed by atoms with Crippen LogP contribution in [0.1, 0.15) is 67.3 Å². The summed E-state index contributed by atoms with van der Waals surface area (Å²) in [6.07, 6.45) is 25.3. The topological polar surface area (TPSA) is 57.4 Å². The molecule has 88 heavy (non-hydrogen) atoms. The molecular formula is C76H54N4S8. The van der Waals surface area contributed by atoms with E-state index in [2.05, 4.69) is 305 Å². The highest BCUT2D eigenvalue weighted by molar-refractivity contribution is 7.82. The molecular weight excluding hydrogens is 1230 g/mol. The fourth-order valence-corrected chi connectivity index (χ4v) is 13.8. The number of fused-ring (bicyclic) bond motifs is 8. The van der Waals surface area contributed by atoms with E-state index in [0.29, 0.717) is 0 Å². The lowest BCUT2D eigenvalue weighted by Crippen LogP contribution is -1.90. The molecule has 4 nitrogen and oxygen atoms in total. The molecule has 8 bridgehead atoms. The van der Waals surface area contributed by atoms with Crippen molar-refractivity contribution in [2.24, 2.45) is 0 Å². The Morgan fingerprint density at radius 2 is 0.398 bits per heavy atom. The second-order valence-corrected chi connectivity index (χ2v) is 25.6. The lowest BCUT2D eigenvalue weighted by Gasteiger charge is -2.08. The quantitative estimate of drug-likeness (QED) is 0.0448. The number of thiol groups is 8. The van der Waals surface area contributed by atoms with E-state index in [1.165, 1.54) is 0 Å². The van der Waals surface area contributed by atoms with Gasteiger partial charge in [-0.2, -0.15) is 0 Å². The number of aromatic amines is 2. The highest BCUT2D eigenvalue weighted by Gasteiger charge is 2.20. The monoisotopic (exact) mass is 1280 g/mol. The Balaban J connectivity index is 1.01. The summed E-state index contributed by atoms with van der Waals surface area (Å²) in [7, 11) is 0. The van der Waals surface area contributed by atoms with Gasteiger partial charge in [-0.25, -0.2) is 9.97 Å². The number of hydrogen-bond donors (Lipinski definition) is 10. The lowest BCUT2D eigenvalue weighted by molar-refractivity contribution is 1.31. The molecule has 0 fully saturated rings. The summed E-state index contributed by atoms with van der Waals surface area (Å²) in [5.41, 5.74) is 22.9. The second-order valence-electron chi connectivity index (χ2n) is 21.5. The number of nitrogens with zero attached hydrogens (tertiary/aromatic N) is 2. The van der Waals surface area contributed by atoms with Crippen molar-refractivity contribution >= 4 is 196 Å². The van der Waals surface area contributed by atoms with Crippen molar-refractivity contribution in [3.63, 3.8) is 0 Å². The van der Waals surface area contributed by atoms with Crippen molar-refractivity contribution < 1.29 is 0 Å². The highest BCUT2D eigenvalue weighted by atomic mass is 32.1. The van der Waals surface area contributed by atoms with Crippen LogP contribution in [0.25, 0.3) is 139 Å². The molecule has 0 aliphatic carbocycles. The van der Waals surface area contributed by atoms with Gasteiger partial charge in [-0.05, 0) is 188 Å². The molecule has 2 N–H and O–H groups in total. The fourth-order valence-electron chi connectivity index (χ4n) is 11.1. The van der Waals surface area contributed by atoms with Crippen LogP contribution in [-0.2, 0) is 0 Å². The molecule has 13 rings (SSSR count). The molecule has 0 atom stereocenters. The molecule has 0 spiro atoms. The Hall–Kier alpha value is -7.88. The fraction of sp³-hybridized carbons (Fsp3) is 0. The number of rotatable bonds is 12. The summed E-state index contributed by atoms with van der Waals surface area (Å²) in [4.78, 5) is 26.0. The Kier molecular flexibility index (Phi) is 17.5. The van der Waals surface area contributed by atoms with E-state index in [1.54, 1.807) is 0 Å². The summed E-state index contributed by atoms with van der Waals surface area (Å²) < 4.78 is 0. The molecule has 0 saturated heterocycles. The zero-order valence-corrected chi connectivity index (χ0v) is 54.0. The van der Waals surface area contributed by atoms with Crippen molar-refractivity contribution in [1.29, 1.82) is 0 Å². The van der Waals surface area contributed by atoms with Gasteiger partial charge in [-0.15, -0.1) is 101 Å². The van der Waals surface area contributed by atoms with Crippen LogP contribution in [0, 0.1) is 0 Å². The van der Waals surface area contributed by atoms with Gasteiger partial charge in [0.2, 0.25) is 0 Å². The minimum absolute atomic E-state index is 0.815. The van der Waals surface area contributed by atoms with Crippen LogP contribution in [0.15, 0.2) is 233 Å². The number of aromatic nitrogens is 4. The summed E-state index contributed by atoms with van der Waals surface area (Å²) in [5, 5.41) is 0. The zero-order chi connectivity index (χ0) is 60.4. The molecule has 5 heterocycles. The molecule has 2 aliphatic heterocycles. The van der Waals surface area contributed by atoms with Crippen molar-refractivity contribution in [2.45, 2.75) is 39.2 Å². The minimum atomic E-state index is 0.815. The van der Waals surface area contributed by atoms with E-state index in [0.717, 1.165) is 173 Å². The Bertz CT molecular complexity index is 4220. The minimum Gasteiger partial charge on any atom is -0.354 e. The smallest absolute Gasteiger partial charge is 0.0737 e. The third kappa shape index (κ3) is 13.7. The van der Waals surface area contributed by atoms with Crippen LogP contribution in [0.4, 0.5) is 0 Å². The van der Waals surface area contributed by atoms with E-state index >= 15 is 0 Å². The number of nitrogens with one attached hydrogen (secondary N) is 2. The second kappa shape index (κ2) is 26.1. The molecule has 12 heteroatoms. The Morgan fingerprint density at radius 3 is 0.591 bits per heavy atom. The largest absolute Gasteiger partial charge is 0.354 e. The maximum atomic E-state index is 5.61. The predicted octanol–water partition coefficient (Wildman–Crippen LogP) is 22.3. The van der Waals surface area contributed by atoms with E-state index in [4.69, 9.17) is 9.97 Å². The van der Waals surface area contributed by atoms with Crippen molar-refractivity contribution in [3.05, 3.63) is 261 Å². The van der Waals surface area contributed by atoms with E-state index < -0.39 is 0 Å². The molecule has 0 unspecified atom stereocenters. The van der Waals surface area contributed by atoms with Gasteiger partial charge in [0.25, 0.3) is 0 Å². The Labute approximate surface area is 556 Å². The van der Waals surface area contributed by atoms with Gasteiger partial charge in [0.15, 0.2) is 0 Å². The van der Waals surface area contributed by atoms with Crippen LogP contribution < -0.4 is 0 Å². The molecule has 0 saturated carbocycles. The van der Waals surface area contributed by atoms with Crippen molar-refractivity contribution in [3.8, 4) is 44.5 Å². The molecule has 3 aromatic heterocycles. The third-order valence-corrected chi connectivity index (χ3v) is 17.2. The molecule has 0 radical (unpaired) electrons. The maximum Gasteiger partial charge on any atom is 0.0737 e. The van der Waals surface area contributed by atoms with Crippen LogP contribution in [0.2, 0.25) is 0 Å². The van der Waals surface area contributed by atoms with Gasteiger partial charge in [0.1, 0.15) is 0 Å². The summed E-state index contributed by atoms with van der Waals surface area (Å²) in [6.45, 7) is 0. The van der Waals surface area contributed by atoms with Gasteiger partial charge in [-0.3, -0.25) is 0 Å². The molecule has 11 aromatic rings. The van der Waals surface area contributed by atoms with Crippen LogP contribution in [-0.4, -0.2) is 19.9 Å². The van der Waals surface area contributed by atoms with Crippen molar-refractivity contribution in [2.75, 3.05) is 0 Å². The van der Waals surface area contributed by atoms with Crippen LogP contribution in [0.5, 0.6) is 0 Å². The van der Waals surface area contributed by atoms with Crippen molar-refractivity contribution in [1.82, 2.24) is 19.9 Å². The van der Waals surface area contributed by atoms with Gasteiger partial charge in [0.05, 0.1) is 22.8 Å². The number of hydrogen-bond acceptors (Lipinski definition) is 10. The summed E-state index contributed by atoms with van der Waals surface area (Å²) >= 11 is 36.8. The normalized spacial score (nSPS) is 12.3. The van der Waals surface area contributed by atoms with E-state index in [9.17, 15) is 0 Å². The average molecular weight is 1280 g/mol. The van der Waals surface area contributed by atoms with Gasteiger partial charge in [0, 0.05) is 83.5 Å². The van der Waals surface area contributed by atoms with Gasteiger partial charge < -0.3 is 9.97 Å². The summed E-state index contributed by atoms with van der Waals surface area (Å²) in [6, 6.07) is 67.1. The zero-order valence-electron chi connectivity index (χ0n) is 46.9. The van der Waals surface area contributed by atoms with E-state index in [1.807, 2.05) is 72.8 Å². The Morgan fingerprint density at radius 1 is 0.216 bits per heavy atom. The first-order valence-electron chi connectivity index (χ1n) is 28.2. The number of H-pyrrole nitrogens is 2.